The SMILES string of the molecule is O=C(O[C@@H]1[C@@H](OC(=O)c2ccccc2)[C@@H](OC(=Nc2ccccc2)C(F)(F)F)OC[C@H]1OC(=O)c1ccccc1)c1ccccc1. The first-order valence-electron chi connectivity index (χ1n) is 14.0. The lowest BCUT2D eigenvalue weighted by atomic mass is 10.0. The molecule has 0 aromatic heterocycles. The fourth-order valence-corrected chi connectivity index (χ4v) is 4.41. The van der Waals surface area contributed by atoms with Gasteiger partial charge in [0.2, 0.25) is 12.4 Å². The normalized spacial score (nSPS) is 19.8. The smallest absolute Gasteiger partial charge is 0.452 e. The minimum absolute atomic E-state index is 0.0341. The van der Waals surface area contributed by atoms with Crippen molar-refractivity contribution in [1.82, 2.24) is 0 Å². The molecular weight excluding hydrogens is 607 g/mol. The topological polar surface area (TPSA) is 110 Å². The molecular formula is C34H26F3NO8. The van der Waals surface area contributed by atoms with Gasteiger partial charge in [-0.1, -0.05) is 72.8 Å². The zero-order valence-electron chi connectivity index (χ0n) is 23.9. The van der Waals surface area contributed by atoms with Gasteiger partial charge in [-0.3, -0.25) is 0 Å². The molecule has 9 nitrogen and oxygen atoms in total. The number of benzene rings is 4. The lowest BCUT2D eigenvalue weighted by molar-refractivity contribution is -0.251. The van der Waals surface area contributed by atoms with Crippen molar-refractivity contribution in [3.8, 4) is 0 Å². The third kappa shape index (κ3) is 8.16. The summed E-state index contributed by atoms with van der Waals surface area (Å²) in [7, 11) is 0. The molecule has 0 unspecified atom stereocenters. The van der Waals surface area contributed by atoms with Crippen molar-refractivity contribution in [2.75, 3.05) is 6.61 Å². The van der Waals surface area contributed by atoms with Gasteiger partial charge in [0.25, 0.3) is 5.90 Å². The number of rotatable bonds is 8. The molecule has 4 aromatic rings. The Morgan fingerprint density at radius 2 is 1.00 bits per heavy atom. The van der Waals surface area contributed by atoms with Crippen molar-refractivity contribution >= 4 is 29.5 Å². The van der Waals surface area contributed by atoms with E-state index in [9.17, 15) is 27.6 Å². The van der Waals surface area contributed by atoms with Crippen LogP contribution >= 0.6 is 0 Å². The van der Waals surface area contributed by atoms with Crippen LogP contribution in [-0.4, -0.2) is 61.2 Å². The standard InChI is InChI=1S/C34H26F3NO8/c35-34(36,37)33(38-25-19-11-4-12-20-25)46-32-28(45-31(41)24-17-9-3-10-18-24)27(44-30(40)23-15-7-2-8-16-23)26(21-42-32)43-29(39)22-13-5-1-6-14-22/h1-20,26-28,32H,21H2/t26-,27+,28-,32-/m1/s1. The first kappa shape index (κ1) is 31.9. The summed E-state index contributed by atoms with van der Waals surface area (Å²) in [6.45, 7) is -0.591. The highest BCUT2D eigenvalue weighted by molar-refractivity contribution is 5.91. The minimum Gasteiger partial charge on any atom is -0.452 e. The van der Waals surface area contributed by atoms with Crippen LogP contribution in [0, 0.1) is 0 Å². The van der Waals surface area contributed by atoms with E-state index in [1.807, 2.05) is 0 Å². The Balaban J connectivity index is 1.53. The molecule has 1 saturated heterocycles. The van der Waals surface area contributed by atoms with Gasteiger partial charge in [0, 0.05) is 0 Å². The highest BCUT2D eigenvalue weighted by Crippen LogP contribution is 2.31. The molecule has 0 N–H and O–H groups in total. The summed E-state index contributed by atoms with van der Waals surface area (Å²) in [6.07, 6.45) is -12.1. The highest BCUT2D eigenvalue weighted by Gasteiger charge is 2.52. The van der Waals surface area contributed by atoms with E-state index in [2.05, 4.69) is 4.99 Å². The molecule has 1 aliphatic rings. The Labute approximate surface area is 261 Å². The van der Waals surface area contributed by atoms with Crippen LogP contribution in [0.25, 0.3) is 0 Å². The van der Waals surface area contributed by atoms with Crippen LogP contribution in [0.3, 0.4) is 0 Å². The number of nitrogens with zero attached hydrogens (tertiary/aromatic N) is 1. The second-order valence-electron chi connectivity index (χ2n) is 9.85. The number of para-hydroxylation sites is 1. The van der Waals surface area contributed by atoms with E-state index in [4.69, 9.17) is 23.7 Å². The molecule has 0 radical (unpaired) electrons. The summed E-state index contributed by atoms with van der Waals surface area (Å²) in [5, 5.41) is 0. The number of ether oxygens (including phenoxy) is 5. The van der Waals surface area contributed by atoms with Crippen molar-refractivity contribution < 1.29 is 51.2 Å². The average Bonchev–Trinajstić information content (AvgIpc) is 3.07. The maximum absolute atomic E-state index is 14.2. The number of alkyl halides is 3. The van der Waals surface area contributed by atoms with E-state index < -0.39 is 61.2 Å². The number of hydrogen-bond donors (Lipinski definition) is 0. The van der Waals surface area contributed by atoms with Gasteiger partial charge in [-0.15, -0.1) is 0 Å². The van der Waals surface area contributed by atoms with Crippen molar-refractivity contribution in [1.29, 1.82) is 0 Å². The predicted molar refractivity (Wildman–Crippen MR) is 157 cm³/mol. The van der Waals surface area contributed by atoms with E-state index in [0.717, 1.165) is 0 Å². The van der Waals surface area contributed by atoms with E-state index in [1.54, 1.807) is 60.7 Å². The van der Waals surface area contributed by atoms with Gasteiger partial charge in [-0.25, -0.2) is 19.4 Å². The maximum atomic E-state index is 14.2. The zero-order chi connectivity index (χ0) is 32.5. The molecule has 46 heavy (non-hydrogen) atoms. The van der Waals surface area contributed by atoms with Gasteiger partial charge in [-0.05, 0) is 48.5 Å². The summed E-state index contributed by atoms with van der Waals surface area (Å²) in [4.78, 5) is 43.1. The number of aliphatic imine (C=N–C) groups is 1. The van der Waals surface area contributed by atoms with Crippen LogP contribution < -0.4 is 0 Å². The van der Waals surface area contributed by atoms with Gasteiger partial charge < -0.3 is 23.7 Å². The predicted octanol–water partition coefficient (Wildman–Crippen LogP) is 6.33. The number of esters is 3. The molecule has 1 fully saturated rings. The summed E-state index contributed by atoms with van der Waals surface area (Å²) in [5.74, 6) is -4.48. The van der Waals surface area contributed by atoms with E-state index in [-0.39, 0.29) is 22.4 Å². The van der Waals surface area contributed by atoms with Gasteiger partial charge >= 0.3 is 24.1 Å². The molecule has 236 valence electrons. The average molecular weight is 634 g/mol. The van der Waals surface area contributed by atoms with Gasteiger partial charge in [0.15, 0.2) is 12.2 Å². The highest BCUT2D eigenvalue weighted by atomic mass is 19.4. The second kappa shape index (κ2) is 14.5. The minimum atomic E-state index is -5.11. The first-order chi connectivity index (χ1) is 22.2. The maximum Gasteiger partial charge on any atom is 0.468 e. The molecule has 1 aliphatic heterocycles. The quantitative estimate of drug-likeness (QED) is 0.0959. The zero-order valence-corrected chi connectivity index (χ0v) is 23.9. The first-order valence-corrected chi connectivity index (χ1v) is 14.0. The molecule has 12 heteroatoms. The van der Waals surface area contributed by atoms with Crippen molar-refractivity contribution in [2.24, 2.45) is 4.99 Å². The molecule has 0 bridgehead atoms. The Bertz CT molecular complexity index is 1650. The lowest BCUT2D eigenvalue weighted by Gasteiger charge is -2.40. The van der Waals surface area contributed by atoms with E-state index in [1.165, 1.54) is 60.7 Å². The Morgan fingerprint density at radius 1 is 0.587 bits per heavy atom. The molecule has 4 atom stereocenters. The Kier molecular flexibility index (Phi) is 10.1. The number of carbonyl (C=O) groups excluding carboxylic acids is 3. The summed E-state index contributed by atoms with van der Waals surface area (Å²) in [5.41, 5.74) is 0.174. The van der Waals surface area contributed by atoms with Crippen LogP contribution in [0.15, 0.2) is 126 Å². The van der Waals surface area contributed by atoms with Crippen LogP contribution in [0.4, 0.5) is 18.9 Å². The molecule has 1 heterocycles. The van der Waals surface area contributed by atoms with Crippen molar-refractivity contribution in [3.05, 3.63) is 138 Å². The Morgan fingerprint density at radius 3 is 1.46 bits per heavy atom. The number of carbonyl (C=O) groups is 3. The molecule has 0 saturated carbocycles. The molecule has 0 amide bonds. The largest absolute Gasteiger partial charge is 0.468 e. The Hall–Kier alpha value is -5.49. The second-order valence-corrected chi connectivity index (χ2v) is 9.85. The molecule has 5 rings (SSSR count). The third-order valence-corrected chi connectivity index (χ3v) is 6.61. The van der Waals surface area contributed by atoms with E-state index >= 15 is 0 Å². The van der Waals surface area contributed by atoms with Gasteiger partial charge in [0.05, 0.1) is 29.0 Å². The third-order valence-electron chi connectivity index (χ3n) is 6.61. The van der Waals surface area contributed by atoms with Crippen LogP contribution in [0.2, 0.25) is 0 Å². The monoisotopic (exact) mass is 633 g/mol. The van der Waals surface area contributed by atoms with Crippen LogP contribution in [-0.2, 0) is 23.7 Å². The van der Waals surface area contributed by atoms with Crippen LogP contribution in [0.5, 0.6) is 0 Å². The lowest BCUT2D eigenvalue weighted by Crippen LogP contribution is -2.59. The molecule has 4 aromatic carbocycles. The summed E-state index contributed by atoms with van der Waals surface area (Å²) >= 11 is 0. The molecule has 0 aliphatic carbocycles. The van der Waals surface area contributed by atoms with Crippen molar-refractivity contribution in [3.63, 3.8) is 0 Å². The van der Waals surface area contributed by atoms with Crippen molar-refractivity contribution in [2.45, 2.75) is 30.8 Å². The number of halogens is 3. The van der Waals surface area contributed by atoms with E-state index in [0.29, 0.717) is 0 Å². The van der Waals surface area contributed by atoms with Gasteiger partial charge in [-0.2, -0.15) is 13.2 Å². The number of hydrogen-bond acceptors (Lipinski definition) is 9. The summed E-state index contributed by atoms with van der Waals surface area (Å²) < 4.78 is 70.5. The molecule has 0 spiro atoms. The van der Waals surface area contributed by atoms with Crippen LogP contribution in [0.1, 0.15) is 31.1 Å². The van der Waals surface area contributed by atoms with Gasteiger partial charge in [0.1, 0.15) is 0 Å². The fourth-order valence-electron chi connectivity index (χ4n) is 4.41. The summed E-state index contributed by atoms with van der Waals surface area (Å²) in [6, 6.07) is 30.3. The fraction of sp³-hybridized carbons (Fsp3) is 0.176.